The van der Waals surface area contributed by atoms with Crippen molar-refractivity contribution in [3.63, 3.8) is 0 Å². The molecular formula is C13H18O4S. The first-order valence-corrected chi connectivity index (χ1v) is 7.80. The van der Waals surface area contributed by atoms with Crippen molar-refractivity contribution in [3.8, 4) is 5.75 Å². The highest BCUT2D eigenvalue weighted by atomic mass is 32.2. The molecule has 0 saturated carbocycles. The lowest BCUT2D eigenvalue weighted by Crippen LogP contribution is -2.34. The first-order valence-electron chi connectivity index (χ1n) is 6.09. The lowest BCUT2D eigenvalue weighted by molar-refractivity contribution is 0.160. The zero-order valence-corrected chi connectivity index (χ0v) is 11.2. The first kappa shape index (κ1) is 13.4. The molecule has 1 heterocycles. The summed E-state index contributed by atoms with van der Waals surface area (Å²) >= 11 is 0. The van der Waals surface area contributed by atoms with Crippen LogP contribution in [0, 0.1) is 0 Å². The van der Waals surface area contributed by atoms with Gasteiger partial charge in [0, 0.05) is 5.56 Å². The van der Waals surface area contributed by atoms with Gasteiger partial charge in [-0.3, -0.25) is 0 Å². The molecule has 2 unspecified atom stereocenters. The number of hydrogen-bond acceptors (Lipinski definition) is 4. The second-order valence-corrected chi connectivity index (χ2v) is 6.93. The molecule has 1 aromatic rings. The van der Waals surface area contributed by atoms with Crippen LogP contribution in [0.4, 0.5) is 0 Å². The molecule has 18 heavy (non-hydrogen) atoms. The molecule has 1 aliphatic heterocycles. The molecule has 100 valence electrons. The second kappa shape index (κ2) is 5.28. The van der Waals surface area contributed by atoms with Gasteiger partial charge in [0.2, 0.25) is 0 Å². The minimum atomic E-state index is -3.20. The lowest BCUT2D eigenvalue weighted by Gasteiger charge is -2.27. The third-order valence-corrected chi connectivity index (χ3v) is 5.71. The average molecular weight is 270 g/mol. The molecule has 1 fully saturated rings. The number of ether oxygens (including phenoxy) is 1. The SMILES string of the molecule is COc1ccccc1C(O)C1CCCCS1(=O)=O. The van der Waals surface area contributed by atoms with Crippen LogP contribution in [-0.2, 0) is 9.84 Å². The van der Waals surface area contributed by atoms with Gasteiger partial charge in [-0.15, -0.1) is 0 Å². The van der Waals surface area contributed by atoms with E-state index in [4.69, 9.17) is 4.74 Å². The Bertz CT molecular complexity index is 509. The number of benzene rings is 1. The molecule has 2 atom stereocenters. The van der Waals surface area contributed by atoms with Crippen molar-refractivity contribution >= 4 is 9.84 Å². The standard InChI is InChI=1S/C13H18O4S/c1-17-11-7-3-2-6-10(11)13(14)12-8-4-5-9-18(12,15)16/h2-3,6-7,12-14H,4-5,8-9H2,1H3. The van der Waals surface area contributed by atoms with E-state index < -0.39 is 21.2 Å². The second-order valence-electron chi connectivity index (χ2n) is 4.59. The summed E-state index contributed by atoms with van der Waals surface area (Å²) < 4.78 is 29.2. The highest BCUT2D eigenvalue weighted by Crippen LogP contribution is 2.34. The Balaban J connectivity index is 2.33. The largest absolute Gasteiger partial charge is 0.496 e. The summed E-state index contributed by atoms with van der Waals surface area (Å²) in [6.45, 7) is 0. The molecule has 1 aromatic carbocycles. The van der Waals surface area contributed by atoms with Crippen LogP contribution in [0.1, 0.15) is 30.9 Å². The van der Waals surface area contributed by atoms with Crippen molar-refractivity contribution in [1.29, 1.82) is 0 Å². The van der Waals surface area contributed by atoms with E-state index in [-0.39, 0.29) is 5.75 Å². The number of para-hydroxylation sites is 1. The van der Waals surface area contributed by atoms with Gasteiger partial charge < -0.3 is 9.84 Å². The van der Waals surface area contributed by atoms with E-state index in [0.29, 0.717) is 24.2 Å². The van der Waals surface area contributed by atoms with E-state index >= 15 is 0 Å². The molecule has 0 spiro atoms. The molecule has 0 bridgehead atoms. The van der Waals surface area contributed by atoms with Gasteiger partial charge in [0.1, 0.15) is 5.75 Å². The van der Waals surface area contributed by atoms with Crippen LogP contribution in [0.5, 0.6) is 5.75 Å². The molecule has 4 nitrogen and oxygen atoms in total. The molecule has 1 aliphatic rings. The van der Waals surface area contributed by atoms with Gasteiger partial charge in [-0.05, 0) is 18.9 Å². The van der Waals surface area contributed by atoms with Gasteiger partial charge in [-0.1, -0.05) is 24.6 Å². The third-order valence-electron chi connectivity index (χ3n) is 3.44. The number of hydrogen-bond donors (Lipinski definition) is 1. The molecule has 0 aliphatic carbocycles. The van der Waals surface area contributed by atoms with Crippen LogP contribution in [0.25, 0.3) is 0 Å². The molecule has 0 aromatic heterocycles. The number of aliphatic hydroxyl groups is 1. The van der Waals surface area contributed by atoms with Gasteiger partial charge in [0.05, 0.1) is 24.2 Å². The van der Waals surface area contributed by atoms with Crippen LogP contribution in [0.15, 0.2) is 24.3 Å². The zero-order valence-electron chi connectivity index (χ0n) is 10.4. The Morgan fingerprint density at radius 3 is 2.72 bits per heavy atom. The third kappa shape index (κ3) is 2.52. The van der Waals surface area contributed by atoms with Crippen molar-refractivity contribution in [2.45, 2.75) is 30.6 Å². The molecule has 0 amide bonds. The van der Waals surface area contributed by atoms with Gasteiger partial charge in [-0.25, -0.2) is 8.42 Å². The molecule has 1 saturated heterocycles. The van der Waals surface area contributed by atoms with Crippen molar-refractivity contribution in [3.05, 3.63) is 29.8 Å². The summed E-state index contributed by atoms with van der Waals surface area (Å²) in [5.74, 6) is 0.704. The lowest BCUT2D eigenvalue weighted by atomic mass is 10.0. The van der Waals surface area contributed by atoms with Gasteiger partial charge in [0.15, 0.2) is 9.84 Å². The van der Waals surface area contributed by atoms with Gasteiger partial charge in [0.25, 0.3) is 0 Å². The van der Waals surface area contributed by atoms with Crippen LogP contribution in [0.3, 0.4) is 0 Å². The maximum atomic E-state index is 12.0. The van der Waals surface area contributed by atoms with Crippen LogP contribution in [-0.4, -0.2) is 31.6 Å². The van der Waals surface area contributed by atoms with E-state index in [9.17, 15) is 13.5 Å². The molecule has 5 heteroatoms. The number of rotatable bonds is 3. The summed E-state index contributed by atoms with van der Waals surface area (Å²) in [5, 5.41) is 9.63. The quantitative estimate of drug-likeness (QED) is 0.908. The Morgan fingerprint density at radius 2 is 2.06 bits per heavy atom. The van der Waals surface area contributed by atoms with E-state index in [1.54, 1.807) is 24.3 Å². The highest BCUT2D eigenvalue weighted by molar-refractivity contribution is 7.92. The topological polar surface area (TPSA) is 63.6 Å². The molecule has 1 N–H and O–H groups in total. The molecular weight excluding hydrogens is 252 g/mol. The fourth-order valence-corrected chi connectivity index (χ4v) is 4.42. The summed E-state index contributed by atoms with van der Waals surface area (Å²) in [4.78, 5) is 0. The minimum absolute atomic E-state index is 0.171. The molecule has 2 rings (SSSR count). The summed E-state index contributed by atoms with van der Waals surface area (Å²) in [6, 6.07) is 7.02. The maximum absolute atomic E-state index is 12.0. The average Bonchev–Trinajstić information content (AvgIpc) is 2.37. The Labute approximate surface area is 108 Å². The Hall–Kier alpha value is -1.07. The van der Waals surface area contributed by atoms with Crippen molar-refractivity contribution in [1.82, 2.24) is 0 Å². The van der Waals surface area contributed by atoms with Crippen LogP contribution < -0.4 is 4.74 Å². The van der Waals surface area contributed by atoms with E-state index in [1.165, 1.54) is 7.11 Å². The van der Waals surface area contributed by atoms with Crippen molar-refractivity contribution < 1.29 is 18.3 Å². The summed E-state index contributed by atoms with van der Waals surface area (Å²) in [6.07, 6.45) is 1.04. The fourth-order valence-electron chi connectivity index (χ4n) is 2.45. The highest BCUT2D eigenvalue weighted by Gasteiger charge is 2.36. The van der Waals surface area contributed by atoms with E-state index in [0.717, 1.165) is 6.42 Å². The summed E-state index contributed by atoms with van der Waals surface area (Å²) in [5.41, 5.74) is 0.551. The smallest absolute Gasteiger partial charge is 0.156 e. The fraction of sp³-hybridized carbons (Fsp3) is 0.538. The number of aliphatic hydroxyl groups excluding tert-OH is 1. The predicted octanol–water partition coefficient (Wildman–Crippen LogP) is 1.70. The monoisotopic (exact) mass is 270 g/mol. The first-order chi connectivity index (χ1) is 8.56. The number of methoxy groups -OCH3 is 1. The number of sulfone groups is 1. The van der Waals surface area contributed by atoms with Crippen LogP contribution >= 0.6 is 0 Å². The van der Waals surface area contributed by atoms with Crippen LogP contribution in [0.2, 0.25) is 0 Å². The van der Waals surface area contributed by atoms with Gasteiger partial charge >= 0.3 is 0 Å². The van der Waals surface area contributed by atoms with Gasteiger partial charge in [-0.2, -0.15) is 0 Å². The Kier molecular flexibility index (Phi) is 3.92. The van der Waals surface area contributed by atoms with Crippen molar-refractivity contribution in [2.24, 2.45) is 0 Å². The Morgan fingerprint density at radius 1 is 1.33 bits per heavy atom. The zero-order chi connectivity index (χ0) is 13.2. The van der Waals surface area contributed by atoms with Crippen molar-refractivity contribution in [2.75, 3.05) is 12.9 Å². The predicted molar refractivity (Wildman–Crippen MR) is 69.4 cm³/mol. The minimum Gasteiger partial charge on any atom is -0.496 e. The molecule has 0 radical (unpaired) electrons. The van der Waals surface area contributed by atoms with E-state index in [1.807, 2.05) is 0 Å². The van der Waals surface area contributed by atoms with E-state index in [2.05, 4.69) is 0 Å². The summed E-state index contributed by atoms with van der Waals surface area (Å²) in [7, 11) is -1.69. The normalized spacial score (nSPS) is 24.4. The maximum Gasteiger partial charge on any atom is 0.156 e.